The lowest BCUT2D eigenvalue weighted by molar-refractivity contribution is -0.164. The minimum atomic E-state index is -2.41. The summed E-state index contributed by atoms with van der Waals surface area (Å²) < 4.78 is 32.0. The summed E-state index contributed by atoms with van der Waals surface area (Å²) in [6.45, 7) is 4.99. The van der Waals surface area contributed by atoms with Crippen molar-refractivity contribution < 1.29 is 28.2 Å². The number of fused-ring (bicyclic) bond motifs is 2. The van der Waals surface area contributed by atoms with Gasteiger partial charge in [-0.15, -0.1) is 0 Å². The molecule has 2 aromatic carbocycles. The van der Waals surface area contributed by atoms with Crippen LogP contribution in [0.15, 0.2) is 47.6 Å². The molecule has 174 valence electrons. The van der Waals surface area contributed by atoms with E-state index in [0.717, 1.165) is 16.3 Å². The van der Waals surface area contributed by atoms with Gasteiger partial charge in [-0.3, -0.25) is 4.79 Å². The van der Waals surface area contributed by atoms with Crippen molar-refractivity contribution in [3.63, 3.8) is 0 Å². The summed E-state index contributed by atoms with van der Waals surface area (Å²) in [6, 6.07) is 13.7. The largest absolute Gasteiger partial charge is 0.465 e. The van der Waals surface area contributed by atoms with E-state index in [-0.39, 0.29) is 19.6 Å². The van der Waals surface area contributed by atoms with Gasteiger partial charge in [-0.2, -0.15) is 0 Å². The number of rotatable bonds is 8. The number of carbonyl (C=O) groups is 2. The molecule has 2 saturated carbocycles. The molecule has 0 N–H and O–H groups in total. The average molecular weight is 455 g/mol. The number of benzene rings is 2. The predicted octanol–water partition coefficient (Wildman–Crippen LogP) is 4.82. The molecule has 0 aliphatic heterocycles. The van der Waals surface area contributed by atoms with Gasteiger partial charge in [0.1, 0.15) is 0 Å². The Hall–Kier alpha value is -3.16. The molecule has 0 radical (unpaired) electrons. The number of hydrogen-bond donors (Lipinski definition) is 0. The van der Waals surface area contributed by atoms with Gasteiger partial charge in [0.2, 0.25) is 5.67 Å². The summed E-state index contributed by atoms with van der Waals surface area (Å²) in [4.78, 5) is 28.3. The van der Waals surface area contributed by atoms with Crippen LogP contribution in [0.2, 0.25) is 0 Å². The van der Waals surface area contributed by atoms with Crippen molar-refractivity contribution in [3.05, 3.63) is 58.5 Å². The maximum atomic E-state index is 15.7. The molecule has 2 fully saturated rings. The zero-order valence-electron chi connectivity index (χ0n) is 18.7. The summed E-state index contributed by atoms with van der Waals surface area (Å²) in [5.74, 6) is -4.01. The van der Waals surface area contributed by atoms with E-state index in [1.165, 1.54) is 0 Å². The lowest BCUT2D eigenvalue weighted by Gasteiger charge is -2.34. The Balaban J connectivity index is 1.67. The van der Waals surface area contributed by atoms with E-state index in [1.807, 2.05) is 49.4 Å². The first kappa shape index (κ1) is 23.0. The molecule has 0 aromatic heterocycles. The number of esters is 2. The van der Waals surface area contributed by atoms with Gasteiger partial charge in [0.25, 0.3) is 0 Å². The highest BCUT2D eigenvalue weighted by atomic mass is 19.1. The van der Waals surface area contributed by atoms with Crippen LogP contribution in [0.1, 0.15) is 38.9 Å². The molecule has 0 spiro atoms. The molecule has 9 heteroatoms. The Labute approximate surface area is 190 Å². The van der Waals surface area contributed by atoms with Crippen molar-refractivity contribution in [2.45, 2.75) is 50.6 Å². The molecule has 2 aromatic rings. The summed E-state index contributed by atoms with van der Waals surface area (Å²) in [5.41, 5.74) is 5.74. The normalized spacial score (nSPS) is 30.7. The Morgan fingerprint density at radius 1 is 1.15 bits per heavy atom. The first-order valence-corrected chi connectivity index (χ1v) is 11.1. The van der Waals surface area contributed by atoms with Crippen LogP contribution >= 0.6 is 0 Å². The highest BCUT2D eigenvalue weighted by Crippen LogP contribution is 2.70. The van der Waals surface area contributed by atoms with Gasteiger partial charge >= 0.3 is 11.9 Å². The summed E-state index contributed by atoms with van der Waals surface area (Å²) >= 11 is 0. The molecule has 0 amide bonds. The van der Waals surface area contributed by atoms with Crippen LogP contribution in [-0.2, 0) is 23.8 Å². The third kappa shape index (κ3) is 3.52. The maximum absolute atomic E-state index is 15.7. The molecule has 2 aliphatic rings. The van der Waals surface area contributed by atoms with Crippen LogP contribution in [-0.4, -0.2) is 42.5 Å². The standard InChI is InChI=1S/C24H26FN3O5/c1-4-31-21(29)23(25)18-13-19(24(20(18)23,27-28-26)22(30)32-5-2)33-14(3)16-11-10-15-8-6-7-9-17(15)12-16/h6-12,14,18-20H,4-5,13H2,1-3H3/t14-,18-,19-,20+,23-,24+/m1/s1. The highest BCUT2D eigenvalue weighted by Gasteiger charge is 2.86. The Kier molecular flexibility index (Phi) is 6.03. The SMILES string of the molecule is CCOC(=O)[C@@]1(F)[C@@H]2C[C@@H](O[C@H](C)c3ccc4ccccc4c3)[C@@](N=[N+]=[N-])(C(=O)OCC)[C@@H]21. The van der Waals surface area contributed by atoms with E-state index in [9.17, 15) is 15.1 Å². The number of ether oxygens (including phenoxy) is 3. The van der Waals surface area contributed by atoms with Gasteiger partial charge in [0.05, 0.1) is 25.4 Å². The summed E-state index contributed by atoms with van der Waals surface area (Å²) in [6.07, 6.45) is -1.42. The minimum absolute atomic E-state index is 0.00318. The maximum Gasteiger partial charge on any atom is 0.344 e. The molecule has 6 atom stereocenters. The number of alkyl halides is 1. The third-order valence-corrected chi connectivity index (χ3v) is 6.73. The number of nitrogens with zero attached hydrogens (tertiary/aromatic N) is 3. The molecule has 0 heterocycles. The zero-order chi connectivity index (χ0) is 23.8. The molecule has 33 heavy (non-hydrogen) atoms. The van der Waals surface area contributed by atoms with Crippen LogP contribution in [0.5, 0.6) is 0 Å². The van der Waals surface area contributed by atoms with Gasteiger partial charge in [0.15, 0.2) is 5.54 Å². The lowest BCUT2D eigenvalue weighted by Crippen LogP contribution is -2.53. The Morgan fingerprint density at radius 3 is 2.48 bits per heavy atom. The van der Waals surface area contributed by atoms with Crippen LogP contribution in [0.3, 0.4) is 0 Å². The van der Waals surface area contributed by atoms with Crippen LogP contribution in [0.25, 0.3) is 21.2 Å². The van der Waals surface area contributed by atoms with Gasteiger partial charge < -0.3 is 14.2 Å². The molecule has 4 rings (SSSR count). The molecule has 0 saturated heterocycles. The number of azide groups is 1. The number of carbonyl (C=O) groups excluding carboxylic acids is 2. The first-order valence-electron chi connectivity index (χ1n) is 11.1. The van der Waals surface area contributed by atoms with Gasteiger partial charge in [-0.25, -0.2) is 9.18 Å². The summed E-state index contributed by atoms with van der Waals surface area (Å²) in [7, 11) is 0. The molecule has 8 nitrogen and oxygen atoms in total. The number of halogens is 1. The van der Waals surface area contributed by atoms with Crippen molar-refractivity contribution in [1.82, 2.24) is 0 Å². The van der Waals surface area contributed by atoms with E-state index >= 15 is 4.39 Å². The summed E-state index contributed by atoms with van der Waals surface area (Å²) in [5, 5.41) is 5.84. The van der Waals surface area contributed by atoms with E-state index in [1.54, 1.807) is 13.8 Å². The topological polar surface area (TPSA) is 111 Å². The smallest absolute Gasteiger partial charge is 0.344 e. The van der Waals surface area contributed by atoms with Crippen molar-refractivity contribution in [1.29, 1.82) is 0 Å². The van der Waals surface area contributed by atoms with Crippen LogP contribution in [0.4, 0.5) is 4.39 Å². The Bertz CT molecular complexity index is 1140. The third-order valence-electron chi connectivity index (χ3n) is 6.73. The fourth-order valence-corrected chi connectivity index (χ4v) is 5.18. The fraction of sp³-hybridized carbons (Fsp3) is 0.500. The quantitative estimate of drug-likeness (QED) is 0.245. The van der Waals surface area contributed by atoms with E-state index in [4.69, 9.17) is 14.2 Å². The van der Waals surface area contributed by atoms with Gasteiger partial charge in [0, 0.05) is 16.7 Å². The zero-order valence-corrected chi connectivity index (χ0v) is 18.7. The lowest BCUT2D eigenvalue weighted by atomic mass is 9.87. The van der Waals surface area contributed by atoms with E-state index in [2.05, 4.69) is 10.0 Å². The molecular weight excluding hydrogens is 429 g/mol. The van der Waals surface area contributed by atoms with Crippen molar-refractivity contribution in [3.8, 4) is 0 Å². The molecule has 2 aliphatic carbocycles. The fourth-order valence-electron chi connectivity index (χ4n) is 5.18. The second-order valence-corrected chi connectivity index (χ2v) is 8.42. The minimum Gasteiger partial charge on any atom is -0.465 e. The van der Waals surface area contributed by atoms with Crippen LogP contribution < -0.4 is 0 Å². The Morgan fingerprint density at radius 2 is 1.82 bits per heavy atom. The number of hydrogen-bond acceptors (Lipinski definition) is 6. The van der Waals surface area contributed by atoms with Crippen LogP contribution in [0, 0.1) is 11.8 Å². The molecule has 0 unspecified atom stereocenters. The van der Waals surface area contributed by atoms with Gasteiger partial charge in [-0.1, -0.05) is 41.5 Å². The van der Waals surface area contributed by atoms with Crippen molar-refractivity contribution in [2.24, 2.45) is 17.0 Å². The molecule has 0 bridgehead atoms. The van der Waals surface area contributed by atoms with Crippen molar-refractivity contribution in [2.75, 3.05) is 13.2 Å². The second-order valence-electron chi connectivity index (χ2n) is 8.42. The highest BCUT2D eigenvalue weighted by molar-refractivity contribution is 5.92. The monoisotopic (exact) mass is 455 g/mol. The predicted molar refractivity (Wildman–Crippen MR) is 118 cm³/mol. The van der Waals surface area contributed by atoms with Crippen molar-refractivity contribution >= 4 is 22.7 Å². The first-order chi connectivity index (χ1) is 15.8. The molecular formula is C24H26FN3O5. The van der Waals surface area contributed by atoms with Gasteiger partial charge in [-0.05, 0) is 55.1 Å². The second kappa shape index (κ2) is 8.65. The van der Waals surface area contributed by atoms with E-state index in [0.29, 0.717) is 0 Å². The average Bonchev–Trinajstić information content (AvgIpc) is 3.26. The van der Waals surface area contributed by atoms with E-state index < -0.39 is 47.2 Å².